The van der Waals surface area contributed by atoms with Gasteiger partial charge < -0.3 is 9.72 Å². The number of halogens is 1. The smallest absolute Gasteiger partial charge is 0.397 e. The van der Waals surface area contributed by atoms with Gasteiger partial charge in [-0.2, -0.15) is 0 Å². The lowest BCUT2D eigenvalue weighted by Crippen LogP contribution is -2.30. The molecule has 1 aliphatic rings. The number of anilines is 1. The highest BCUT2D eigenvalue weighted by Gasteiger charge is 2.27. The van der Waals surface area contributed by atoms with E-state index in [1.54, 1.807) is 44.3 Å². The molecule has 0 saturated heterocycles. The van der Waals surface area contributed by atoms with Crippen LogP contribution in [0.3, 0.4) is 0 Å². The number of aromatic amines is 2. The quantitative estimate of drug-likeness (QED) is 0.261. The van der Waals surface area contributed by atoms with E-state index in [0.29, 0.717) is 40.3 Å². The monoisotopic (exact) mass is 588 g/mol. The number of nitrogens with zero attached hydrogens (tertiary/aromatic N) is 4. The Kier molecular flexibility index (Phi) is 7.23. The molecule has 216 valence electrons. The SMILES string of the molecule is Cc1nc(C)c(OC(=O)N(C)c2ccc(C(Cc3ccccc3F)c3nc4c([nH]3)c(=O)[nH]c(=O)n4CC3CC3)cc2)s1. The molecule has 0 aliphatic heterocycles. The van der Waals surface area contributed by atoms with Crippen LogP contribution in [0.25, 0.3) is 11.2 Å². The molecule has 1 unspecified atom stereocenters. The first-order valence-electron chi connectivity index (χ1n) is 13.6. The first kappa shape index (κ1) is 27.6. The standard InChI is InChI=1S/C30H29FN6O4S/c1-16-28(42-17(2)32-16)41-30(40)36(3)21-12-10-19(11-13-21)22(14-20-6-4-5-7-23(20)31)25-33-24-26(34-25)37(15-18-8-9-18)29(39)35-27(24)38/h4-7,10-13,18,22H,8-9,14-15H2,1-3H3,(H,33,34)(H,35,38,39). The Morgan fingerprint density at radius 3 is 2.52 bits per heavy atom. The van der Waals surface area contributed by atoms with Gasteiger partial charge in [-0.05, 0) is 68.4 Å². The number of H-pyrrole nitrogens is 2. The highest BCUT2D eigenvalue weighted by Crippen LogP contribution is 2.33. The topological polar surface area (TPSA) is 126 Å². The van der Waals surface area contributed by atoms with Crippen LogP contribution in [0.5, 0.6) is 5.06 Å². The number of fused-ring (bicyclic) bond motifs is 1. The number of hydrogen-bond acceptors (Lipinski definition) is 7. The van der Waals surface area contributed by atoms with E-state index in [-0.39, 0.29) is 23.4 Å². The number of carbonyl (C=O) groups is 1. The predicted octanol–water partition coefficient (Wildman–Crippen LogP) is 5.05. The Morgan fingerprint density at radius 2 is 1.86 bits per heavy atom. The molecule has 5 aromatic rings. The minimum absolute atomic E-state index is 0.205. The van der Waals surface area contributed by atoms with Gasteiger partial charge in [-0.3, -0.25) is 19.2 Å². The highest BCUT2D eigenvalue weighted by atomic mass is 32.1. The first-order valence-corrected chi connectivity index (χ1v) is 14.4. The number of carbonyl (C=O) groups excluding carboxylic acids is 1. The maximum Gasteiger partial charge on any atom is 0.420 e. The summed E-state index contributed by atoms with van der Waals surface area (Å²) in [5, 5.41) is 1.26. The maximum atomic E-state index is 14.8. The molecule has 1 fully saturated rings. The van der Waals surface area contributed by atoms with E-state index in [1.165, 1.54) is 26.9 Å². The minimum atomic E-state index is -0.553. The van der Waals surface area contributed by atoms with Crippen LogP contribution in [0.4, 0.5) is 14.9 Å². The molecule has 10 nitrogen and oxygen atoms in total. The van der Waals surface area contributed by atoms with Gasteiger partial charge >= 0.3 is 11.8 Å². The van der Waals surface area contributed by atoms with Crippen molar-refractivity contribution in [1.82, 2.24) is 24.5 Å². The largest absolute Gasteiger partial charge is 0.420 e. The lowest BCUT2D eigenvalue weighted by atomic mass is 9.91. The molecular formula is C30H29FN6O4S. The number of imidazole rings is 1. The average Bonchev–Trinajstić information content (AvgIpc) is 3.59. The molecule has 1 aliphatic carbocycles. The first-order chi connectivity index (χ1) is 20.2. The summed E-state index contributed by atoms with van der Waals surface area (Å²) in [6.45, 7) is 4.11. The van der Waals surface area contributed by atoms with E-state index in [1.807, 2.05) is 19.1 Å². The van der Waals surface area contributed by atoms with Crippen LogP contribution in [-0.2, 0) is 13.0 Å². The number of thiazole rings is 1. The Labute approximate surface area is 243 Å². The number of benzene rings is 2. The fraction of sp³-hybridized carbons (Fsp3) is 0.300. The summed E-state index contributed by atoms with van der Waals surface area (Å²) in [6, 6.07) is 13.7. The molecule has 1 atom stereocenters. The molecule has 12 heteroatoms. The number of ether oxygens (including phenoxy) is 1. The predicted molar refractivity (Wildman–Crippen MR) is 158 cm³/mol. The molecule has 6 rings (SSSR count). The summed E-state index contributed by atoms with van der Waals surface area (Å²) >= 11 is 1.30. The zero-order valence-electron chi connectivity index (χ0n) is 23.3. The zero-order chi connectivity index (χ0) is 29.5. The number of hydrogen-bond donors (Lipinski definition) is 2. The van der Waals surface area contributed by atoms with E-state index in [4.69, 9.17) is 9.72 Å². The number of nitrogens with one attached hydrogen (secondary N) is 2. The lowest BCUT2D eigenvalue weighted by molar-refractivity contribution is 0.210. The molecule has 2 N–H and O–H groups in total. The van der Waals surface area contributed by atoms with Crippen LogP contribution in [0, 0.1) is 25.6 Å². The Balaban J connectivity index is 1.35. The normalized spacial score (nSPS) is 13.8. The minimum Gasteiger partial charge on any atom is -0.397 e. The molecule has 1 saturated carbocycles. The van der Waals surface area contributed by atoms with Crippen molar-refractivity contribution in [2.75, 3.05) is 11.9 Å². The van der Waals surface area contributed by atoms with Gasteiger partial charge in [-0.1, -0.05) is 41.7 Å². The summed E-state index contributed by atoms with van der Waals surface area (Å²) in [6.07, 6.45) is 1.75. The van der Waals surface area contributed by atoms with Gasteiger partial charge in [-0.25, -0.2) is 23.9 Å². The summed E-state index contributed by atoms with van der Waals surface area (Å²) in [5.41, 5.74) is 1.95. The molecule has 0 bridgehead atoms. The van der Waals surface area contributed by atoms with E-state index in [9.17, 15) is 18.8 Å². The molecule has 1 amide bonds. The van der Waals surface area contributed by atoms with Gasteiger partial charge in [-0.15, -0.1) is 0 Å². The van der Waals surface area contributed by atoms with E-state index in [2.05, 4.69) is 15.0 Å². The maximum absolute atomic E-state index is 14.8. The number of aromatic nitrogens is 5. The van der Waals surface area contributed by atoms with Crippen LogP contribution in [0.1, 0.15) is 46.4 Å². The van der Waals surface area contributed by atoms with Crippen LogP contribution >= 0.6 is 11.3 Å². The molecule has 3 aromatic heterocycles. The third-order valence-corrected chi connectivity index (χ3v) is 8.45. The molecule has 0 spiro atoms. The molecule has 42 heavy (non-hydrogen) atoms. The van der Waals surface area contributed by atoms with Gasteiger partial charge in [0.05, 0.1) is 10.7 Å². The molecule has 3 heterocycles. The second-order valence-electron chi connectivity index (χ2n) is 10.6. The average molecular weight is 589 g/mol. The fourth-order valence-corrected chi connectivity index (χ4v) is 5.76. The fourth-order valence-electron chi connectivity index (χ4n) is 5.00. The number of rotatable bonds is 8. The van der Waals surface area contributed by atoms with Crippen molar-refractivity contribution in [3.63, 3.8) is 0 Å². The van der Waals surface area contributed by atoms with Crippen molar-refractivity contribution in [3.8, 4) is 5.06 Å². The number of aryl methyl sites for hydroxylation is 2. The Bertz CT molecular complexity index is 1900. The second-order valence-corrected chi connectivity index (χ2v) is 11.8. The summed E-state index contributed by atoms with van der Waals surface area (Å²) in [7, 11) is 1.61. The molecule has 2 aromatic carbocycles. The third-order valence-electron chi connectivity index (χ3n) is 7.50. The van der Waals surface area contributed by atoms with Crippen molar-refractivity contribution in [2.45, 2.75) is 45.6 Å². The van der Waals surface area contributed by atoms with Gasteiger partial charge in [0.15, 0.2) is 5.65 Å². The summed E-state index contributed by atoms with van der Waals surface area (Å²) in [5.74, 6) is -0.0149. The van der Waals surface area contributed by atoms with Crippen molar-refractivity contribution in [2.24, 2.45) is 5.92 Å². The molecule has 0 radical (unpaired) electrons. The third kappa shape index (κ3) is 5.49. The van der Waals surface area contributed by atoms with Gasteiger partial charge in [0, 0.05) is 25.2 Å². The van der Waals surface area contributed by atoms with Gasteiger partial charge in [0.1, 0.15) is 17.2 Å². The Morgan fingerprint density at radius 1 is 1.12 bits per heavy atom. The van der Waals surface area contributed by atoms with Crippen LogP contribution in [-0.4, -0.2) is 37.6 Å². The van der Waals surface area contributed by atoms with Crippen molar-refractivity contribution >= 4 is 34.3 Å². The van der Waals surface area contributed by atoms with Crippen molar-refractivity contribution in [1.29, 1.82) is 0 Å². The second kappa shape index (κ2) is 11.0. The van der Waals surface area contributed by atoms with Crippen LogP contribution in [0.2, 0.25) is 0 Å². The summed E-state index contributed by atoms with van der Waals surface area (Å²) in [4.78, 5) is 54.1. The molecular weight excluding hydrogens is 559 g/mol. The van der Waals surface area contributed by atoms with Crippen molar-refractivity contribution < 1.29 is 13.9 Å². The van der Waals surface area contributed by atoms with Crippen LogP contribution < -0.4 is 20.9 Å². The Hall–Kier alpha value is -4.58. The van der Waals surface area contributed by atoms with E-state index >= 15 is 0 Å². The zero-order valence-corrected chi connectivity index (χ0v) is 24.1. The van der Waals surface area contributed by atoms with Crippen molar-refractivity contribution in [3.05, 3.63) is 103 Å². The van der Waals surface area contributed by atoms with E-state index < -0.39 is 23.3 Å². The number of amides is 1. The van der Waals surface area contributed by atoms with Gasteiger partial charge in [0.2, 0.25) is 5.06 Å². The lowest BCUT2D eigenvalue weighted by Gasteiger charge is -2.19. The van der Waals surface area contributed by atoms with Gasteiger partial charge in [0.25, 0.3) is 5.56 Å². The highest BCUT2D eigenvalue weighted by molar-refractivity contribution is 7.13. The summed E-state index contributed by atoms with van der Waals surface area (Å²) < 4.78 is 21.8. The van der Waals surface area contributed by atoms with Crippen LogP contribution in [0.15, 0.2) is 58.1 Å². The van der Waals surface area contributed by atoms with E-state index in [0.717, 1.165) is 23.4 Å².